The molecule has 0 saturated carbocycles. The van der Waals surface area contributed by atoms with Gasteiger partial charge in [0.1, 0.15) is 16.9 Å². The van der Waals surface area contributed by atoms with Crippen LogP contribution in [0.25, 0.3) is 11.3 Å². The van der Waals surface area contributed by atoms with E-state index in [1.165, 1.54) is 41.7 Å². The summed E-state index contributed by atoms with van der Waals surface area (Å²) in [5.41, 5.74) is 4.20. The average Bonchev–Trinajstić information content (AvgIpc) is 3.11. The molecule has 1 N–H and O–H groups in total. The van der Waals surface area contributed by atoms with Gasteiger partial charge in [-0.2, -0.15) is 5.26 Å². The fourth-order valence-corrected chi connectivity index (χ4v) is 5.09. The van der Waals surface area contributed by atoms with E-state index in [1.807, 2.05) is 11.4 Å². The molecule has 0 fully saturated rings. The number of aryl methyl sites for hydroxylation is 2. The van der Waals surface area contributed by atoms with Gasteiger partial charge in [-0.1, -0.05) is 18.2 Å². The third kappa shape index (κ3) is 5.12. The van der Waals surface area contributed by atoms with Gasteiger partial charge in [0, 0.05) is 16.6 Å². The number of fused-ring (bicyclic) bond motifs is 1. The smallest absolute Gasteiger partial charge is 0.239 e. The van der Waals surface area contributed by atoms with Gasteiger partial charge in [0.15, 0.2) is 5.13 Å². The van der Waals surface area contributed by atoms with E-state index in [2.05, 4.69) is 16.4 Å². The largest absolute Gasteiger partial charge is 0.301 e. The number of benzene rings is 1. The van der Waals surface area contributed by atoms with Crippen molar-refractivity contribution in [3.63, 3.8) is 0 Å². The number of nitrogens with one attached hydrogen (secondary N) is 1. The minimum Gasteiger partial charge on any atom is -0.301 e. The first-order valence-electron chi connectivity index (χ1n) is 10.2. The Morgan fingerprint density at radius 2 is 2.00 bits per heavy atom. The van der Waals surface area contributed by atoms with Crippen molar-refractivity contribution >= 4 is 34.1 Å². The van der Waals surface area contributed by atoms with Crippen molar-refractivity contribution in [2.24, 2.45) is 0 Å². The lowest BCUT2D eigenvalue weighted by Crippen LogP contribution is -2.22. The van der Waals surface area contributed by atoms with Crippen LogP contribution in [-0.4, -0.2) is 21.1 Å². The summed E-state index contributed by atoms with van der Waals surface area (Å²) in [6.07, 6.45) is 5.28. The van der Waals surface area contributed by atoms with E-state index >= 15 is 0 Å². The molecular weight excluding hydrogens is 431 g/mol. The standard InChI is InChI=1S/C23H21FN4OS2/c1-14(31-22-17(12-25)11-16-5-3-2-4-6-19(16)26-22)21(29)28-23-27-20(13-30-23)15-7-9-18(24)10-8-15/h7-11,13-14H,2-6H2,1H3,(H,27,28,29). The zero-order chi connectivity index (χ0) is 21.8. The normalized spacial score (nSPS) is 14.2. The van der Waals surface area contributed by atoms with Crippen LogP contribution >= 0.6 is 23.1 Å². The first-order chi connectivity index (χ1) is 15.0. The SMILES string of the molecule is CC(Sc1nc2c(cc1C#N)CCCCC2)C(=O)Nc1nc(-c2ccc(F)cc2)cs1. The summed E-state index contributed by atoms with van der Waals surface area (Å²) < 4.78 is 13.1. The number of carbonyl (C=O) groups excluding carboxylic acids is 1. The predicted octanol–water partition coefficient (Wildman–Crippen LogP) is 5.60. The summed E-state index contributed by atoms with van der Waals surface area (Å²) in [6.45, 7) is 1.79. The molecule has 3 aromatic rings. The fraction of sp³-hybridized carbons (Fsp3) is 0.304. The Hall–Kier alpha value is -2.76. The van der Waals surface area contributed by atoms with E-state index in [0.29, 0.717) is 21.4 Å². The van der Waals surface area contributed by atoms with Crippen LogP contribution in [0.1, 0.15) is 43.0 Å². The van der Waals surface area contributed by atoms with Crippen molar-refractivity contribution in [2.45, 2.75) is 49.3 Å². The number of amides is 1. The Bertz CT molecular complexity index is 1140. The molecule has 31 heavy (non-hydrogen) atoms. The number of carbonyl (C=O) groups is 1. The molecule has 1 atom stereocenters. The molecule has 2 heterocycles. The zero-order valence-corrected chi connectivity index (χ0v) is 18.7. The van der Waals surface area contributed by atoms with Crippen molar-refractivity contribution in [2.75, 3.05) is 5.32 Å². The van der Waals surface area contributed by atoms with E-state index < -0.39 is 5.25 Å². The first-order valence-corrected chi connectivity index (χ1v) is 11.9. The van der Waals surface area contributed by atoms with Crippen LogP contribution in [0.5, 0.6) is 0 Å². The van der Waals surface area contributed by atoms with Crippen molar-refractivity contribution in [1.29, 1.82) is 5.26 Å². The monoisotopic (exact) mass is 452 g/mol. The van der Waals surface area contributed by atoms with E-state index in [9.17, 15) is 14.4 Å². The first kappa shape index (κ1) is 21.5. The van der Waals surface area contributed by atoms with Crippen LogP contribution in [0.15, 0.2) is 40.7 Å². The quantitative estimate of drug-likeness (QED) is 0.402. The average molecular weight is 453 g/mol. The summed E-state index contributed by atoms with van der Waals surface area (Å²) in [6, 6.07) is 10.2. The predicted molar refractivity (Wildman–Crippen MR) is 122 cm³/mol. The topological polar surface area (TPSA) is 78.7 Å². The third-order valence-corrected chi connectivity index (χ3v) is 7.03. The number of hydrogen-bond acceptors (Lipinski definition) is 6. The van der Waals surface area contributed by atoms with Crippen LogP contribution in [0, 0.1) is 17.1 Å². The van der Waals surface area contributed by atoms with E-state index in [-0.39, 0.29) is 11.7 Å². The molecule has 1 aliphatic carbocycles. The molecule has 0 radical (unpaired) electrons. The maximum Gasteiger partial charge on any atom is 0.239 e. The number of thiazole rings is 1. The molecule has 8 heteroatoms. The Morgan fingerprint density at radius 1 is 1.23 bits per heavy atom. The molecule has 5 nitrogen and oxygen atoms in total. The lowest BCUT2D eigenvalue weighted by molar-refractivity contribution is -0.115. The summed E-state index contributed by atoms with van der Waals surface area (Å²) >= 11 is 2.61. The summed E-state index contributed by atoms with van der Waals surface area (Å²) in [7, 11) is 0. The molecule has 4 rings (SSSR count). The lowest BCUT2D eigenvalue weighted by Gasteiger charge is -2.13. The van der Waals surface area contributed by atoms with Gasteiger partial charge in [0.05, 0.1) is 16.5 Å². The van der Waals surface area contributed by atoms with Crippen molar-refractivity contribution < 1.29 is 9.18 Å². The van der Waals surface area contributed by atoms with E-state index in [4.69, 9.17) is 4.98 Å². The number of aromatic nitrogens is 2. The van der Waals surface area contributed by atoms with Crippen molar-refractivity contribution in [3.8, 4) is 17.3 Å². The van der Waals surface area contributed by atoms with E-state index in [0.717, 1.165) is 42.5 Å². The minimum atomic E-state index is -0.443. The van der Waals surface area contributed by atoms with Gasteiger partial charge in [-0.3, -0.25) is 4.79 Å². The Morgan fingerprint density at radius 3 is 2.77 bits per heavy atom. The number of anilines is 1. The highest BCUT2D eigenvalue weighted by molar-refractivity contribution is 8.00. The van der Waals surface area contributed by atoms with Gasteiger partial charge in [0.2, 0.25) is 5.91 Å². The number of pyridine rings is 1. The maximum atomic E-state index is 13.1. The zero-order valence-electron chi connectivity index (χ0n) is 17.0. The van der Waals surface area contributed by atoms with Gasteiger partial charge >= 0.3 is 0 Å². The van der Waals surface area contributed by atoms with Gasteiger partial charge < -0.3 is 5.32 Å². The Kier molecular flexibility index (Phi) is 6.64. The number of rotatable bonds is 5. The molecule has 1 amide bonds. The Labute approximate surface area is 188 Å². The van der Waals surface area contributed by atoms with E-state index in [1.54, 1.807) is 19.1 Å². The van der Waals surface area contributed by atoms with Gasteiger partial charge in [-0.25, -0.2) is 14.4 Å². The number of hydrogen-bond donors (Lipinski definition) is 1. The molecule has 0 bridgehead atoms. The van der Waals surface area contributed by atoms with Crippen LogP contribution in [0.4, 0.5) is 9.52 Å². The molecular formula is C23H21FN4OS2. The lowest BCUT2D eigenvalue weighted by atomic mass is 10.1. The number of halogens is 1. The van der Waals surface area contributed by atoms with Gasteiger partial charge in [0.25, 0.3) is 0 Å². The molecule has 2 aromatic heterocycles. The molecule has 1 unspecified atom stereocenters. The fourth-order valence-electron chi connectivity index (χ4n) is 3.47. The third-order valence-electron chi connectivity index (χ3n) is 5.17. The molecule has 158 valence electrons. The highest BCUT2D eigenvalue weighted by atomic mass is 32.2. The van der Waals surface area contributed by atoms with Crippen LogP contribution in [0.2, 0.25) is 0 Å². The Balaban J connectivity index is 1.45. The number of thioether (sulfide) groups is 1. The molecule has 1 aromatic carbocycles. The second-order valence-electron chi connectivity index (χ2n) is 7.41. The van der Waals surface area contributed by atoms with Crippen LogP contribution in [-0.2, 0) is 17.6 Å². The second kappa shape index (κ2) is 9.58. The van der Waals surface area contributed by atoms with Crippen molar-refractivity contribution in [1.82, 2.24) is 9.97 Å². The number of nitrogens with zero attached hydrogens (tertiary/aromatic N) is 3. The molecule has 0 aliphatic heterocycles. The summed E-state index contributed by atoms with van der Waals surface area (Å²) in [5, 5.41) is 14.9. The number of nitriles is 1. The van der Waals surface area contributed by atoms with Crippen molar-refractivity contribution in [3.05, 3.63) is 58.3 Å². The highest BCUT2D eigenvalue weighted by Gasteiger charge is 2.21. The van der Waals surface area contributed by atoms with Crippen LogP contribution < -0.4 is 5.32 Å². The van der Waals surface area contributed by atoms with Gasteiger partial charge in [-0.05, 0) is 68.5 Å². The maximum absolute atomic E-state index is 13.1. The molecule has 0 saturated heterocycles. The van der Waals surface area contributed by atoms with Gasteiger partial charge in [-0.15, -0.1) is 11.3 Å². The summed E-state index contributed by atoms with van der Waals surface area (Å²) in [5.74, 6) is -0.507. The summed E-state index contributed by atoms with van der Waals surface area (Å²) in [4.78, 5) is 21.9. The minimum absolute atomic E-state index is 0.203. The second-order valence-corrected chi connectivity index (χ2v) is 9.60. The van der Waals surface area contributed by atoms with Crippen LogP contribution in [0.3, 0.4) is 0 Å². The molecule has 1 aliphatic rings. The highest BCUT2D eigenvalue weighted by Crippen LogP contribution is 2.31. The molecule has 0 spiro atoms.